The number of benzene rings is 3. The van der Waals surface area contributed by atoms with Crippen molar-refractivity contribution in [3.05, 3.63) is 89.0 Å². The average Bonchev–Trinajstić information content (AvgIpc) is 3.14. The highest BCUT2D eigenvalue weighted by atomic mass is 32.2. The van der Waals surface area contributed by atoms with Gasteiger partial charge in [0.25, 0.3) is 0 Å². The number of aryl methyl sites for hydroxylation is 1. The van der Waals surface area contributed by atoms with Gasteiger partial charge in [-0.25, -0.2) is 8.42 Å². The molecule has 0 unspecified atom stereocenters. The number of sulfonamides is 1. The molecular formula is C42H59N3O8S. The molecule has 3 aromatic carbocycles. The minimum atomic E-state index is -3.90. The minimum absolute atomic E-state index is 0.0201. The van der Waals surface area contributed by atoms with Crippen LogP contribution in [-0.4, -0.2) is 96.1 Å². The number of piperidine rings is 1. The van der Waals surface area contributed by atoms with Crippen LogP contribution >= 0.6 is 0 Å². The fraction of sp³-hybridized carbons (Fsp3) is 0.548. The standard InChI is InChI=1S/C42H59N3O8S/c1-7-51-32(4)27-50-28-34-11-14-36(15-12-34)39-25-37(23-31(3)43-33(5)46)45(54(47,48)38-16-9-30(2)10-17-38)26-42(39)53-29-35-13-18-41-40(24-35)44(20-22-52-41)19-8-21-49-6/h9-18,24,31-32,37,39,42H,7-8,19-23,25-29H2,1-6H3,(H,43,46)/t31-,32-,37-,39-,42+/m1/s1. The van der Waals surface area contributed by atoms with Crippen LogP contribution in [-0.2, 0) is 47.0 Å². The third-order valence-electron chi connectivity index (χ3n) is 10.1. The Balaban J connectivity index is 1.43. The van der Waals surface area contributed by atoms with Gasteiger partial charge in [0, 0.05) is 58.3 Å². The van der Waals surface area contributed by atoms with Crippen molar-refractivity contribution in [1.29, 1.82) is 0 Å². The van der Waals surface area contributed by atoms with E-state index in [4.69, 9.17) is 23.7 Å². The summed E-state index contributed by atoms with van der Waals surface area (Å²) < 4.78 is 60.1. The maximum atomic E-state index is 14.4. The van der Waals surface area contributed by atoms with Gasteiger partial charge in [-0.1, -0.05) is 48.0 Å². The number of hydrogen-bond donors (Lipinski definition) is 1. The summed E-state index contributed by atoms with van der Waals surface area (Å²) >= 11 is 0. The topological polar surface area (TPSA) is 116 Å². The van der Waals surface area contributed by atoms with Crippen molar-refractivity contribution in [2.45, 2.75) is 102 Å². The Bertz CT molecular complexity index is 1740. The Labute approximate surface area is 322 Å². The number of amides is 1. The van der Waals surface area contributed by atoms with Gasteiger partial charge < -0.3 is 33.9 Å². The van der Waals surface area contributed by atoms with E-state index in [1.54, 1.807) is 23.5 Å². The lowest BCUT2D eigenvalue weighted by Crippen LogP contribution is -2.54. The number of fused-ring (bicyclic) bond motifs is 1. The van der Waals surface area contributed by atoms with E-state index in [0.717, 1.165) is 53.2 Å². The maximum Gasteiger partial charge on any atom is 0.243 e. The fourth-order valence-corrected chi connectivity index (χ4v) is 9.14. The molecule has 2 aliphatic heterocycles. The summed E-state index contributed by atoms with van der Waals surface area (Å²) in [6, 6.07) is 20.9. The predicted octanol–water partition coefficient (Wildman–Crippen LogP) is 6.22. The number of methoxy groups -OCH3 is 1. The summed E-state index contributed by atoms with van der Waals surface area (Å²) in [4.78, 5) is 14.6. The van der Waals surface area contributed by atoms with Gasteiger partial charge >= 0.3 is 0 Å². The van der Waals surface area contributed by atoms with Crippen LogP contribution in [0.4, 0.5) is 5.69 Å². The van der Waals surface area contributed by atoms with E-state index in [1.165, 1.54) is 6.92 Å². The zero-order valence-electron chi connectivity index (χ0n) is 32.8. The van der Waals surface area contributed by atoms with Crippen molar-refractivity contribution < 1.29 is 36.9 Å². The van der Waals surface area contributed by atoms with Crippen LogP contribution in [0.15, 0.2) is 71.6 Å². The molecule has 0 saturated carbocycles. The predicted molar refractivity (Wildman–Crippen MR) is 211 cm³/mol. The molecule has 0 bridgehead atoms. The number of ether oxygens (including phenoxy) is 5. The number of nitrogens with one attached hydrogen (secondary N) is 1. The number of rotatable bonds is 19. The fourth-order valence-electron chi connectivity index (χ4n) is 7.48. The Morgan fingerprint density at radius 2 is 1.76 bits per heavy atom. The molecule has 2 aliphatic rings. The number of carbonyl (C=O) groups excluding carboxylic acids is 1. The van der Waals surface area contributed by atoms with Gasteiger partial charge in [0.1, 0.15) is 12.4 Å². The lowest BCUT2D eigenvalue weighted by Gasteiger charge is -2.44. The van der Waals surface area contributed by atoms with E-state index in [-0.39, 0.29) is 41.5 Å². The van der Waals surface area contributed by atoms with Crippen molar-refractivity contribution >= 4 is 21.6 Å². The molecule has 1 fully saturated rings. The van der Waals surface area contributed by atoms with Crippen molar-refractivity contribution in [2.24, 2.45) is 0 Å². The third-order valence-corrected chi connectivity index (χ3v) is 12.1. The molecule has 0 aliphatic carbocycles. The van der Waals surface area contributed by atoms with E-state index < -0.39 is 16.1 Å². The van der Waals surface area contributed by atoms with Gasteiger partial charge in [-0.3, -0.25) is 4.79 Å². The summed E-state index contributed by atoms with van der Waals surface area (Å²) in [5, 5.41) is 2.97. The molecule has 3 aromatic rings. The summed E-state index contributed by atoms with van der Waals surface area (Å²) in [5.74, 6) is 0.592. The average molecular weight is 766 g/mol. The van der Waals surface area contributed by atoms with Gasteiger partial charge in [-0.05, 0) is 87.9 Å². The first kappa shape index (κ1) is 41.6. The van der Waals surface area contributed by atoms with Crippen LogP contribution in [0.5, 0.6) is 5.75 Å². The molecule has 2 heterocycles. The van der Waals surface area contributed by atoms with E-state index in [2.05, 4.69) is 40.5 Å². The van der Waals surface area contributed by atoms with E-state index in [9.17, 15) is 13.2 Å². The number of carbonyl (C=O) groups is 1. The number of anilines is 1. The normalized spacial score (nSPS) is 20.2. The van der Waals surface area contributed by atoms with Crippen LogP contribution < -0.4 is 15.0 Å². The first-order valence-electron chi connectivity index (χ1n) is 19.2. The minimum Gasteiger partial charge on any atom is -0.490 e. The summed E-state index contributed by atoms with van der Waals surface area (Å²) in [6.07, 6.45) is 1.46. The molecule has 0 radical (unpaired) electrons. The van der Waals surface area contributed by atoms with Crippen molar-refractivity contribution in [3.63, 3.8) is 0 Å². The van der Waals surface area contributed by atoms with Crippen LogP contribution in [0.1, 0.15) is 75.1 Å². The molecule has 12 heteroatoms. The second-order valence-electron chi connectivity index (χ2n) is 14.6. The molecule has 54 heavy (non-hydrogen) atoms. The molecule has 0 aromatic heterocycles. The van der Waals surface area contributed by atoms with Gasteiger partial charge in [0.2, 0.25) is 15.9 Å². The van der Waals surface area contributed by atoms with Crippen molar-refractivity contribution in [1.82, 2.24) is 9.62 Å². The lowest BCUT2D eigenvalue weighted by atomic mass is 9.82. The zero-order valence-corrected chi connectivity index (χ0v) is 33.6. The SMILES string of the molecule is CCO[C@H](C)COCc1ccc([C@H]2C[C@@H](C[C@@H](C)NC(C)=O)N(S(=O)(=O)c3ccc(C)cc3)C[C@@H]2OCc2ccc3c(c2)N(CCCOC)CCO3)cc1. The van der Waals surface area contributed by atoms with Crippen LogP contribution in [0.25, 0.3) is 0 Å². The molecule has 0 spiro atoms. The van der Waals surface area contributed by atoms with E-state index in [1.807, 2.05) is 52.0 Å². The smallest absolute Gasteiger partial charge is 0.243 e. The lowest BCUT2D eigenvalue weighted by molar-refractivity contribution is -0.119. The molecule has 11 nitrogen and oxygen atoms in total. The Morgan fingerprint density at radius 3 is 2.46 bits per heavy atom. The highest BCUT2D eigenvalue weighted by molar-refractivity contribution is 7.89. The summed E-state index contributed by atoms with van der Waals surface area (Å²) in [7, 11) is -2.18. The molecule has 1 amide bonds. The maximum absolute atomic E-state index is 14.4. The van der Waals surface area contributed by atoms with Crippen LogP contribution in [0, 0.1) is 6.92 Å². The number of nitrogens with zero attached hydrogens (tertiary/aromatic N) is 2. The third kappa shape index (κ3) is 11.3. The van der Waals surface area contributed by atoms with Crippen molar-refractivity contribution in [2.75, 3.05) is 58.1 Å². The molecular weight excluding hydrogens is 707 g/mol. The van der Waals surface area contributed by atoms with Gasteiger partial charge in [-0.2, -0.15) is 4.31 Å². The van der Waals surface area contributed by atoms with Crippen LogP contribution in [0.3, 0.4) is 0 Å². The largest absolute Gasteiger partial charge is 0.490 e. The molecule has 5 rings (SSSR count). The Kier molecular flexibility index (Phi) is 15.3. The molecule has 296 valence electrons. The zero-order chi connectivity index (χ0) is 38.7. The van der Waals surface area contributed by atoms with E-state index >= 15 is 0 Å². The van der Waals surface area contributed by atoms with E-state index in [0.29, 0.717) is 52.5 Å². The van der Waals surface area contributed by atoms with Crippen molar-refractivity contribution in [3.8, 4) is 5.75 Å². The van der Waals surface area contributed by atoms with Gasteiger partial charge in [0.15, 0.2) is 0 Å². The second-order valence-corrected chi connectivity index (χ2v) is 16.5. The molecule has 1 N–H and O–H groups in total. The highest BCUT2D eigenvalue weighted by Crippen LogP contribution is 2.39. The molecule has 1 saturated heterocycles. The summed E-state index contributed by atoms with van der Waals surface area (Å²) in [6.45, 7) is 14.4. The second kappa shape index (κ2) is 19.9. The highest BCUT2D eigenvalue weighted by Gasteiger charge is 2.43. The monoisotopic (exact) mass is 765 g/mol. The van der Waals surface area contributed by atoms with Crippen LogP contribution in [0.2, 0.25) is 0 Å². The first-order chi connectivity index (χ1) is 26.0. The first-order valence-corrected chi connectivity index (χ1v) is 20.7. The summed E-state index contributed by atoms with van der Waals surface area (Å²) in [5.41, 5.74) is 5.11. The van der Waals surface area contributed by atoms with Gasteiger partial charge in [-0.15, -0.1) is 0 Å². The Hall–Kier alpha value is -3.52. The molecule has 5 atom stereocenters. The Morgan fingerprint density at radius 1 is 1.02 bits per heavy atom. The van der Waals surface area contributed by atoms with Gasteiger partial charge in [0.05, 0.1) is 49.2 Å². The number of hydrogen-bond acceptors (Lipinski definition) is 9. The quantitative estimate of drug-likeness (QED) is 0.142.